The normalized spacial score (nSPS) is 15.0. The quantitative estimate of drug-likeness (QED) is 0.529. The van der Waals surface area contributed by atoms with Gasteiger partial charge in [-0.3, -0.25) is 0 Å². The second-order valence-electron chi connectivity index (χ2n) is 5.44. The first kappa shape index (κ1) is 19.8. The molecule has 0 rings (SSSR count). The van der Waals surface area contributed by atoms with Crippen molar-refractivity contribution in [3.63, 3.8) is 0 Å². The highest BCUT2D eigenvalue weighted by atomic mass is 16.7. The lowest BCUT2D eigenvalue weighted by Gasteiger charge is -2.30. The predicted molar refractivity (Wildman–Crippen MR) is 81.7 cm³/mol. The summed E-state index contributed by atoms with van der Waals surface area (Å²) in [6.07, 6.45) is 2.96. The van der Waals surface area contributed by atoms with Crippen LogP contribution in [0.15, 0.2) is 0 Å². The van der Waals surface area contributed by atoms with Crippen LogP contribution in [0.5, 0.6) is 0 Å². The van der Waals surface area contributed by atoms with Crippen LogP contribution >= 0.6 is 0 Å². The fourth-order valence-corrected chi connectivity index (χ4v) is 2.42. The van der Waals surface area contributed by atoms with Crippen LogP contribution in [0.2, 0.25) is 0 Å². The molecule has 1 N–H and O–H groups in total. The molecule has 20 heavy (non-hydrogen) atoms. The summed E-state index contributed by atoms with van der Waals surface area (Å²) in [5.41, 5.74) is 0. The van der Waals surface area contributed by atoms with Gasteiger partial charge in [0, 0.05) is 13.2 Å². The first-order valence-corrected chi connectivity index (χ1v) is 8.06. The number of aliphatic hydroxyl groups is 1. The number of ether oxygens (including phenoxy) is 3. The summed E-state index contributed by atoms with van der Waals surface area (Å²) >= 11 is 0. The molecule has 0 unspecified atom stereocenters. The fourth-order valence-electron chi connectivity index (χ4n) is 2.42. The van der Waals surface area contributed by atoms with E-state index < -0.39 is 0 Å². The molecule has 4 nitrogen and oxygen atoms in total. The molecule has 0 heterocycles. The van der Waals surface area contributed by atoms with E-state index in [9.17, 15) is 5.11 Å². The van der Waals surface area contributed by atoms with Crippen molar-refractivity contribution >= 4 is 0 Å². The van der Waals surface area contributed by atoms with E-state index in [1.165, 1.54) is 12.8 Å². The lowest BCUT2D eigenvalue weighted by Crippen LogP contribution is -2.35. The first-order valence-electron chi connectivity index (χ1n) is 8.06. The van der Waals surface area contributed by atoms with Gasteiger partial charge in [0.15, 0.2) is 6.29 Å². The Balaban J connectivity index is 4.39. The van der Waals surface area contributed by atoms with Gasteiger partial charge in [-0.05, 0) is 32.1 Å². The molecule has 0 fully saturated rings. The third-order valence-corrected chi connectivity index (χ3v) is 3.56. The van der Waals surface area contributed by atoms with Gasteiger partial charge in [-0.25, -0.2) is 0 Å². The minimum absolute atomic E-state index is 0.0531. The van der Waals surface area contributed by atoms with Crippen molar-refractivity contribution in [2.75, 3.05) is 26.4 Å². The molecule has 0 aromatic carbocycles. The van der Waals surface area contributed by atoms with E-state index in [4.69, 9.17) is 14.2 Å². The molecule has 0 aromatic heterocycles. The van der Waals surface area contributed by atoms with Crippen LogP contribution in [-0.2, 0) is 14.2 Å². The summed E-state index contributed by atoms with van der Waals surface area (Å²) in [7, 11) is 0. The lowest BCUT2D eigenvalue weighted by molar-refractivity contribution is -0.185. The van der Waals surface area contributed by atoms with Crippen LogP contribution in [0.4, 0.5) is 0 Å². The van der Waals surface area contributed by atoms with Crippen molar-refractivity contribution < 1.29 is 19.3 Å². The van der Waals surface area contributed by atoms with E-state index in [2.05, 4.69) is 20.8 Å². The highest BCUT2D eigenvalue weighted by Crippen LogP contribution is 2.24. The standard InChI is InChI=1S/C16H34O4/c1-6-9-10-14(13(4)5)15(11-17)20-12-16(18-7-2)19-8-3/h13-17H,6-12H2,1-5H3/t14-,15+/m0/s1. The van der Waals surface area contributed by atoms with Gasteiger partial charge in [-0.1, -0.05) is 33.6 Å². The van der Waals surface area contributed by atoms with Crippen molar-refractivity contribution in [1.82, 2.24) is 0 Å². The summed E-state index contributed by atoms with van der Waals surface area (Å²) in [6.45, 7) is 12.1. The molecular formula is C16H34O4. The number of hydrogen-bond donors (Lipinski definition) is 1. The Kier molecular flexibility index (Phi) is 12.5. The molecule has 0 saturated carbocycles. The number of aliphatic hydroxyl groups excluding tert-OH is 1. The highest BCUT2D eigenvalue weighted by molar-refractivity contribution is 4.73. The van der Waals surface area contributed by atoms with Crippen LogP contribution in [0, 0.1) is 11.8 Å². The molecule has 0 radical (unpaired) electrons. The van der Waals surface area contributed by atoms with Crippen LogP contribution in [0.25, 0.3) is 0 Å². The molecular weight excluding hydrogens is 256 g/mol. The van der Waals surface area contributed by atoms with Crippen molar-refractivity contribution in [1.29, 1.82) is 0 Å². The second-order valence-corrected chi connectivity index (χ2v) is 5.44. The van der Waals surface area contributed by atoms with E-state index in [-0.39, 0.29) is 19.0 Å². The Labute approximate surface area is 124 Å². The van der Waals surface area contributed by atoms with Gasteiger partial charge in [0.2, 0.25) is 0 Å². The van der Waals surface area contributed by atoms with Gasteiger partial charge in [-0.15, -0.1) is 0 Å². The van der Waals surface area contributed by atoms with Crippen molar-refractivity contribution in [3.8, 4) is 0 Å². The van der Waals surface area contributed by atoms with Gasteiger partial charge >= 0.3 is 0 Å². The smallest absolute Gasteiger partial charge is 0.180 e. The average Bonchev–Trinajstić information content (AvgIpc) is 2.42. The van der Waals surface area contributed by atoms with Gasteiger partial charge in [-0.2, -0.15) is 0 Å². The molecule has 4 heteroatoms. The van der Waals surface area contributed by atoms with Gasteiger partial charge < -0.3 is 19.3 Å². The topological polar surface area (TPSA) is 47.9 Å². The maximum absolute atomic E-state index is 9.61. The number of hydrogen-bond acceptors (Lipinski definition) is 4. The summed E-state index contributed by atoms with van der Waals surface area (Å²) in [6, 6.07) is 0. The predicted octanol–water partition coefficient (Wildman–Crippen LogP) is 3.23. The Morgan fingerprint density at radius 3 is 1.95 bits per heavy atom. The fraction of sp³-hybridized carbons (Fsp3) is 1.00. The van der Waals surface area contributed by atoms with Gasteiger partial charge in [0.25, 0.3) is 0 Å². The summed E-state index contributed by atoms with van der Waals surface area (Å²) < 4.78 is 16.8. The van der Waals surface area contributed by atoms with E-state index in [0.29, 0.717) is 31.7 Å². The molecule has 0 aromatic rings. The molecule has 2 atom stereocenters. The molecule has 0 aliphatic rings. The average molecular weight is 290 g/mol. The minimum Gasteiger partial charge on any atom is -0.394 e. The first-order chi connectivity index (χ1) is 9.60. The van der Waals surface area contributed by atoms with Crippen LogP contribution in [0.3, 0.4) is 0 Å². The number of rotatable bonds is 13. The van der Waals surface area contributed by atoms with Crippen molar-refractivity contribution in [2.24, 2.45) is 11.8 Å². The second kappa shape index (κ2) is 12.6. The Bertz CT molecular complexity index is 203. The molecule has 122 valence electrons. The monoisotopic (exact) mass is 290 g/mol. The van der Waals surface area contributed by atoms with Crippen LogP contribution in [-0.4, -0.2) is 43.9 Å². The van der Waals surface area contributed by atoms with Gasteiger partial charge in [0.1, 0.15) is 0 Å². The number of unbranched alkanes of at least 4 members (excludes halogenated alkanes) is 1. The van der Waals surface area contributed by atoms with E-state index in [0.717, 1.165) is 6.42 Å². The van der Waals surface area contributed by atoms with Crippen molar-refractivity contribution in [2.45, 2.75) is 66.3 Å². The highest BCUT2D eigenvalue weighted by Gasteiger charge is 2.25. The molecule has 0 bridgehead atoms. The van der Waals surface area contributed by atoms with E-state index in [1.54, 1.807) is 0 Å². The molecule has 0 spiro atoms. The van der Waals surface area contributed by atoms with Crippen LogP contribution in [0.1, 0.15) is 53.9 Å². The van der Waals surface area contributed by atoms with E-state index >= 15 is 0 Å². The Morgan fingerprint density at radius 2 is 1.55 bits per heavy atom. The minimum atomic E-state index is -0.335. The molecule has 0 aliphatic heterocycles. The maximum atomic E-state index is 9.61. The molecule has 0 saturated heterocycles. The van der Waals surface area contributed by atoms with Crippen molar-refractivity contribution in [3.05, 3.63) is 0 Å². The van der Waals surface area contributed by atoms with Crippen LogP contribution < -0.4 is 0 Å². The zero-order valence-corrected chi connectivity index (χ0v) is 13.9. The van der Waals surface area contributed by atoms with Gasteiger partial charge in [0.05, 0.1) is 19.3 Å². The maximum Gasteiger partial charge on any atom is 0.180 e. The summed E-state index contributed by atoms with van der Waals surface area (Å²) in [5.74, 6) is 0.875. The third-order valence-electron chi connectivity index (χ3n) is 3.56. The van der Waals surface area contributed by atoms with E-state index in [1.807, 2.05) is 13.8 Å². The largest absolute Gasteiger partial charge is 0.394 e. The molecule has 0 aliphatic carbocycles. The zero-order chi connectivity index (χ0) is 15.4. The SMILES string of the molecule is CCCC[C@@H](C(C)C)[C@@H](CO)OCC(OCC)OCC. The zero-order valence-electron chi connectivity index (χ0n) is 13.9. The third kappa shape index (κ3) is 8.20. The molecule has 0 amide bonds. The summed E-state index contributed by atoms with van der Waals surface area (Å²) in [5, 5.41) is 9.61. The Hall–Kier alpha value is -0.160. The summed E-state index contributed by atoms with van der Waals surface area (Å²) in [4.78, 5) is 0. The lowest BCUT2D eigenvalue weighted by atomic mass is 9.86. The Morgan fingerprint density at radius 1 is 0.950 bits per heavy atom.